The summed E-state index contributed by atoms with van der Waals surface area (Å²) in [6.07, 6.45) is 0. The van der Waals surface area contributed by atoms with Gasteiger partial charge in [-0.2, -0.15) is 0 Å². The van der Waals surface area contributed by atoms with Gasteiger partial charge in [-0.3, -0.25) is 4.79 Å². The number of anilines is 1. The SMILES string of the molecule is CC(=O)Nc1ccc(OCCOCCO)cc1. The first-order valence-electron chi connectivity index (χ1n) is 5.41. The van der Waals surface area contributed by atoms with Crippen LogP contribution in [0.3, 0.4) is 0 Å². The average molecular weight is 239 g/mol. The molecule has 17 heavy (non-hydrogen) atoms. The highest BCUT2D eigenvalue weighted by Gasteiger charge is 1.97. The van der Waals surface area contributed by atoms with Crippen molar-refractivity contribution in [1.82, 2.24) is 0 Å². The molecule has 0 aromatic heterocycles. The molecule has 0 heterocycles. The van der Waals surface area contributed by atoms with Gasteiger partial charge in [-0.15, -0.1) is 0 Å². The Hall–Kier alpha value is -1.59. The molecule has 1 rings (SSSR count). The Labute approximate surface area is 100 Å². The van der Waals surface area contributed by atoms with Gasteiger partial charge in [-0.05, 0) is 24.3 Å². The minimum Gasteiger partial charge on any atom is -0.491 e. The average Bonchev–Trinajstić information content (AvgIpc) is 2.30. The first-order chi connectivity index (χ1) is 8.22. The van der Waals surface area contributed by atoms with Crippen molar-refractivity contribution in [2.45, 2.75) is 6.92 Å². The monoisotopic (exact) mass is 239 g/mol. The molecular formula is C12H17NO4. The number of hydrogen-bond donors (Lipinski definition) is 2. The second kappa shape index (κ2) is 7.65. The Morgan fingerprint density at radius 3 is 2.53 bits per heavy atom. The lowest BCUT2D eigenvalue weighted by atomic mass is 10.3. The van der Waals surface area contributed by atoms with E-state index in [0.29, 0.717) is 25.6 Å². The molecule has 0 saturated carbocycles. The molecular weight excluding hydrogens is 222 g/mol. The van der Waals surface area contributed by atoms with Gasteiger partial charge in [0.25, 0.3) is 0 Å². The smallest absolute Gasteiger partial charge is 0.221 e. The number of amides is 1. The summed E-state index contributed by atoms with van der Waals surface area (Å²) in [5.41, 5.74) is 0.737. The van der Waals surface area contributed by atoms with Crippen LogP contribution in [0.2, 0.25) is 0 Å². The Balaban J connectivity index is 2.28. The highest BCUT2D eigenvalue weighted by molar-refractivity contribution is 5.88. The summed E-state index contributed by atoms with van der Waals surface area (Å²) in [6.45, 7) is 2.67. The zero-order chi connectivity index (χ0) is 12.5. The van der Waals surface area contributed by atoms with Crippen molar-refractivity contribution in [3.05, 3.63) is 24.3 Å². The zero-order valence-electron chi connectivity index (χ0n) is 9.81. The van der Waals surface area contributed by atoms with Crippen molar-refractivity contribution in [2.75, 3.05) is 31.7 Å². The van der Waals surface area contributed by atoms with Gasteiger partial charge in [0, 0.05) is 12.6 Å². The lowest BCUT2D eigenvalue weighted by molar-refractivity contribution is -0.114. The maximum Gasteiger partial charge on any atom is 0.221 e. The summed E-state index contributed by atoms with van der Waals surface area (Å²) in [6, 6.07) is 7.09. The van der Waals surface area contributed by atoms with Gasteiger partial charge in [0.1, 0.15) is 12.4 Å². The second-order valence-corrected chi connectivity index (χ2v) is 3.39. The normalized spacial score (nSPS) is 10.0. The minimum absolute atomic E-state index is 0.0193. The van der Waals surface area contributed by atoms with E-state index in [2.05, 4.69) is 5.32 Å². The fourth-order valence-corrected chi connectivity index (χ4v) is 1.22. The minimum atomic E-state index is -0.101. The number of benzene rings is 1. The first-order valence-corrected chi connectivity index (χ1v) is 5.41. The van der Waals surface area contributed by atoms with E-state index in [9.17, 15) is 4.79 Å². The van der Waals surface area contributed by atoms with Gasteiger partial charge < -0.3 is 19.9 Å². The van der Waals surface area contributed by atoms with Gasteiger partial charge in [-0.25, -0.2) is 0 Å². The van der Waals surface area contributed by atoms with Gasteiger partial charge in [0.05, 0.1) is 19.8 Å². The number of ether oxygens (including phenoxy) is 2. The molecule has 1 amide bonds. The largest absolute Gasteiger partial charge is 0.491 e. The molecule has 1 aromatic carbocycles. The van der Waals surface area contributed by atoms with Crippen molar-refractivity contribution in [3.63, 3.8) is 0 Å². The van der Waals surface area contributed by atoms with Crippen molar-refractivity contribution < 1.29 is 19.4 Å². The summed E-state index contributed by atoms with van der Waals surface area (Å²) in [7, 11) is 0. The molecule has 5 heteroatoms. The van der Waals surface area contributed by atoms with Crippen molar-refractivity contribution >= 4 is 11.6 Å². The molecule has 1 aromatic rings. The molecule has 0 atom stereocenters. The highest BCUT2D eigenvalue weighted by atomic mass is 16.5. The topological polar surface area (TPSA) is 67.8 Å². The van der Waals surface area contributed by atoms with Crippen LogP contribution in [0.1, 0.15) is 6.92 Å². The van der Waals surface area contributed by atoms with Crippen LogP contribution in [-0.2, 0) is 9.53 Å². The van der Waals surface area contributed by atoms with Crippen LogP contribution in [0, 0.1) is 0 Å². The van der Waals surface area contributed by atoms with E-state index in [1.807, 2.05) is 0 Å². The van der Waals surface area contributed by atoms with E-state index >= 15 is 0 Å². The van der Waals surface area contributed by atoms with Gasteiger partial charge >= 0.3 is 0 Å². The summed E-state index contributed by atoms with van der Waals surface area (Å²) in [4.78, 5) is 10.8. The van der Waals surface area contributed by atoms with Crippen molar-refractivity contribution in [1.29, 1.82) is 0 Å². The molecule has 0 aliphatic heterocycles. The van der Waals surface area contributed by atoms with E-state index in [-0.39, 0.29) is 12.5 Å². The maximum atomic E-state index is 10.8. The van der Waals surface area contributed by atoms with Crippen LogP contribution in [0.4, 0.5) is 5.69 Å². The third-order valence-electron chi connectivity index (χ3n) is 1.91. The fraction of sp³-hybridized carbons (Fsp3) is 0.417. The number of aliphatic hydroxyl groups is 1. The van der Waals surface area contributed by atoms with Gasteiger partial charge in [0.2, 0.25) is 5.91 Å². The quantitative estimate of drug-likeness (QED) is 0.697. The molecule has 94 valence electrons. The molecule has 0 spiro atoms. The molecule has 0 saturated heterocycles. The molecule has 0 aliphatic carbocycles. The van der Waals surface area contributed by atoms with Crippen LogP contribution < -0.4 is 10.1 Å². The van der Waals surface area contributed by atoms with E-state index < -0.39 is 0 Å². The van der Waals surface area contributed by atoms with Crippen LogP contribution >= 0.6 is 0 Å². The Morgan fingerprint density at radius 1 is 1.24 bits per heavy atom. The van der Waals surface area contributed by atoms with Crippen LogP contribution in [0.25, 0.3) is 0 Å². The van der Waals surface area contributed by atoms with E-state index in [4.69, 9.17) is 14.6 Å². The van der Waals surface area contributed by atoms with Crippen molar-refractivity contribution in [2.24, 2.45) is 0 Å². The lowest BCUT2D eigenvalue weighted by Crippen LogP contribution is -2.09. The van der Waals surface area contributed by atoms with E-state index in [1.165, 1.54) is 6.92 Å². The summed E-state index contributed by atoms with van der Waals surface area (Å²) in [5, 5.41) is 11.2. The fourth-order valence-electron chi connectivity index (χ4n) is 1.22. The number of rotatable bonds is 7. The van der Waals surface area contributed by atoms with Gasteiger partial charge in [0.15, 0.2) is 0 Å². The Morgan fingerprint density at radius 2 is 1.94 bits per heavy atom. The van der Waals surface area contributed by atoms with E-state index in [0.717, 1.165) is 5.69 Å². The first kappa shape index (κ1) is 13.5. The molecule has 0 aliphatic rings. The van der Waals surface area contributed by atoms with Crippen LogP contribution in [0.15, 0.2) is 24.3 Å². The predicted molar refractivity (Wildman–Crippen MR) is 64.1 cm³/mol. The number of carbonyl (C=O) groups is 1. The van der Waals surface area contributed by atoms with Crippen LogP contribution in [0.5, 0.6) is 5.75 Å². The van der Waals surface area contributed by atoms with Crippen LogP contribution in [-0.4, -0.2) is 37.4 Å². The maximum absolute atomic E-state index is 10.8. The molecule has 0 radical (unpaired) electrons. The number of hydrogen-bond acceptors (Lipinski definition) is 4. The summed E-state index contributed by atoms with van der Waals surface area (Å²) >= 11 is 0. The molecule has 0 bridgehead atoms. The summed E-state index contributed by atoms with van der Waals surface area (Å²) in [5.74, 6) is 0.614. The number of aliphatic hydroxyl groups excluding tert-OH is 1. The predicted octanol–water partition coefficient (Wildman–Crippen LogP) is 1.03. The second-order valence-electron chi connectivity index (χ2n) is 3.39. The third kappa shape index (κ3) is 5.89. The third-order valence-corrected chi connectivity index (χ3v) is 1.91. The molecule has 0 fully saturated rings. The standard InChI is InChI=1S/C12H17NO4/c1-10(15)13-11-2-4-12(5-3-11)17-9-8-16-7-6-14/h2-5,14H,6-9H2,1H3,(H,13,15). The van der Waals surface area contributed by atoms with E-state index in [1.54, 1.807) is 24.3 Å². The molecule has 5 nitrogen and oxygen atoms in total. The zero-order valence-corrected chi connectivity index (χ0v) is 9.81. The highest BCUT2D eigenvalue weighted by Crippen LogP contribution is 2.15. The molecule has 0 unspecified atom stereocenters. The lowest BCUT2D eigenvalue weighted by Gasteiger charge is -2.07. The van der Waals surface area contributed by atoms with Crippen molar-refractivity contribution in [3.8, 4) is 5.75 Å². The number of nitrogens with one attached hydrogen (secondary N) is 1. The Kier molecular flexibility index (Phi) is 6.06. The molecule has 2 N–H and O–H groups in total. The summed E-state index contributed by atoms with van der Waals surface area (Å²) < 4.78 is 10.4. The van der Waals surface area contributed by atoms with Gasteiger partial charge in [-0.1, -0.05) is 0 Å². The Bertz CT molecular complexity index is 337. The number of carbonyl (C=O) groups excluding carboxylic acids is 1.